The quantitative estimate of drug-likeness (QED) is 0.436. The second-order valence-corrected chi connectivity index (χ2v) is 8.05. The number of amides is 1. The molecule has 4 rings (SSSR count). The first kappa shape index (κ1) is 23.7. The highest BCUT2D eigenvalue weighted by Gasteiger charge is 2.36. The van der Waals surface area contributed by atoms with Gasteiger partial charge < -0.3 is 19.2 Å². The van der Waals surface area contributed by atoms with Gasteiger partial charge in [0.25, 0.3) is 5.91 Å². The molecule has 8 heteroatoms. The molecule has 2 unspecified atom stereocenters. The predicted octanol–water partition coefficient (Wildman–Crippen LogP) is 4.79. The lowest BCUT2D eigenvalue weighted by Crippen LogP contribution is -2.29. The number of carbonyl (C=O) groups is 1. The molecule has 34 heavy (non-hydrogen) atoms. The van der Waals surface area contributed by atoms with Crippen LogP contribution in [0.3, 0.4) is 0 Å². The number of benzene rings is 1. The summed E-state index contributed by atoms with van der Waals surface area (Å²) in [5.41, 5.74) is 2.82. The topological polar surface area (TPSA) is 80.7 Å². The second kappa shape index (κ2) is 11.1. The molecule has 1 N–H and O–H groups in total. The number of ether oxygens (including phenoxy) is 1. The van der Waals surface area contributed by atoms with Gasteiger partial charge >= 0.3 is 0 Å². The summed E-state index contributed by atoms with van der Waals surface area (Å²) in [5, 5.41) is 14.4. The molecule has 0 radical (unpaired) electrons. The molecule has 1 aliphatic rings. The van der Waals surface area contributed by atoms with E-state index in [1.807, 2.05) is 31.3 Å². The van der Waals surface area contributed by atoms with Crippen molar-refractivity contribution < 1.29 is 23.4 Å². The minimum Gasteiger partial charge on any atom is -0.472 e. The molecule has 1 fully saturated rings. The van der Waals surface area contributed by atoms with Gasteiger partial charge in [-0.15, -0.1) is 0 Å². The molecule has 0 saturated carbocycles. The lowest BCUT2D eigenvalue weighted by molar-refractivity contribution is -0.128. The normalized spacial score (nSPS) is 17.4. The first-order chi connectivity index (χ1) is 16.6. The predicted molar refractivity (Wildman–Crippen MR) is 125 cm³/mol. The summed E-state index contributed by atoms with van der Waals surface area (Å²) in [5.74, 6) is -0.416. The first-order valence-electron chi connectivity index (χ1n) is 11.3. The molecular formula is C26H28FN3O4. The molecule has 1 amide bonds. The van der Waals surface area contributed by atoms with E-state index < -0.39 is 12.3 Å². The maximum Gasteiger partial charge on any atom is 0.250 e. The largest absolute Gasteiger partial charge is 0.472 e. The van der Waals surface area contributed by atoms with Gasteiger partial charge in [-0.25, -0.2) is 9.07 Å². The fourth-order valence-electron chi connectivity index (χ4n) is 3.91. The smallest absolute Gasteiger partial charge is 0.250 e. The fraction of sp³-hybridized carbons (Fsp3) is 0.308. The Bertz CT molecular complexity index is 1140. The molecule has 178 valence electrons. The van der Waals surface area contributed by atoms with Crippen molar-refractivity contribution in [3.63, 3.8) is 0 Å². The van der Waals surface area contributed by atoms with E-state index in [9.17, 15) is 14.3 Å². The van der Waals surface area contributed by atoms with Crippen LogP contribution in [0.2, 0.25) is 0 Å². The minimum atomic E-state index is -0.587. The van der Waals surface area contributed by atoms with Gasteiger partial charge in [-0.05, 0) is 56.5 Å². The summed E-state index contributed by atoms with van der Waals surface area (Å²) >= 11 is 0. The van der Waals surface area contributed by atoms with E-state index in [0.717, 1.165) is 17.5 Å². The van der Waals surface area contributed by atoms with Crippen molar-refractivity contribution in [2.24, 2.45) is 0 Å². The maximum atomic E-state index is 13.4. The van der Waals surface area contributed by atoms with Crippen LogP contribution < -0.4 is 0 Å². The van der Waals surface area contributed by atoms with E-state index in [1.54, 1.807) is 46.4 Å². The number of carbonyl (C=O) groups excluding carboxylic acids is 1. The Kier molecular flexibility index (Phi) is 7.72. The Labute approximate surface area is 197 Å². The SMILES string of the molecule is C/C=C\C(O)CC/C=C/CCN1C(=O)COC1c1cn(-c2ccc(F)cc2)nc1-c1ccoc1. The third-order valence-electron chi connectivity index (χ3n) is 5.61. The van der Waals surface area contributed by atoms with Crippen LogP contribution in [0.15, 0.2) is 77.8 Å². The fourth-order valence-corrected chi connectivity index (χ4v) is 3.91. The number of allylic oxidation sites excluding steroid dienone is 2. The third-order valence-corrected chi connectivity index (χ3v) is 5.61. The van der Waals surface area contributed by atoms with Crippen LogP contribution in [0.25, 0.3) is 16.9 Å². The highest BCUT2D eigenvalue weighted by atomic mass is 19.1. The Hall–Kier alpha value is -3.49. The lowest BCUT2D eigenvalue weighted by atomic mass is 10.1. The van der Waals surface area contributed by atoms with Crippen LogP contribution in [-0.4, -0.2) is 44.9 Å². The van der Waals surface area contributed by atoms with Gasteiger partial charge in [-0.2, -0.15) is 5.10 Å². The van der Waals surface area contributed by atoms with Gasteiger partial charge in [-0.1, -0.05) is 24.3 Å². The monoisotopic (exact) mass is 465 g/mol. The van der Waals surface area contributed by atoms with Crippen LogP contribution in [0, 0.1) is 5.82 Å². The van der Waals surface area contributed by atoms with E-state index in [2.05, 4.69) is 5.10 Å². The molecule has 2 aromatic heterocycles. The maximum absolute atomic E-state index is 13.4. The number of furan rings is 1. The first-order valence-corrected chi connectivity index (χ1v) is 11.3. The van der Waals surface area contributed by atoms with Gasteiger partial charge in [0.2, 0.25) is 0 Å². The molecule has 0 aliphatic carbocycles. The van der Waals surface area contributed by atoms with Crippen molar-refractivity contribution in [3.8, 4) is 16.9 Å². The number of halogens is 1. The highest BCUT2D eigenvalue weighted by molar-refractivity contribution is 5.80. The van der Waals surface area contributed by atoms with E-state index in [-0.39, 0.29) is 18.3 Å². The third kappa shape index (κ3) is 5.52. The molecule has 3 heterocycles. The van der Waals surface area contributed by atoms with Gasteiger partial charge in [0.15, 0.2) is 6.23 Å². The van der Waals surface area contributed by atoms with Crippen LogP contribution in [0.4, 0.5) is 4.39 Å². The molecule has 1 aliphatic heterocycles. The van der Waals surface area contributed by atoms with Crippen molar-refractivity contribution in [2.75, 3.05) is 13.2 Å². The molecule has 1 saturated heterocycles. The molecule has 3 aromatic rings. The number of aliphatic hydroxyl groups is 1. The van der Waals surface area contributed by atoms with Crippen LogP contribution in [-0.2, 0) is 9.53 Å². The number of rotatable bonds is 10. The number of aromatic nitrogens is 2. The van der Waals surface area contributed by atoms with Gasteiger partial charge in [-0.3, -0.25) is 4.79 Å². The van der Waals surface area contributed by atoms with Gasteiger partial charge in [0.1, 0.15) is 18.1 Å². The average molecular weight is 466 g/mol. The molecule has 0 spiro atoms. The highest BCUT2D eigenvalue weighted by Crippen LogP contribution is 2.35. The number of nitrogens with zero attached hydrogens (tertiary/aromatic N) is 3. The van der Waals surface area contributed by atoms with Crippen molar-refractivity contribution in [3.05, 3.63) is 84.7 Å². The van der Waals surface area contributed by atoms with Crippen LogP contribution in [0.1, 0.15) is 38.0 Å². The lowest BCUT2D eigenvalue weighted by Gasteiger charge is -2.22. The zero-order valence-electron chi connectivity index (χ0n) is 19.0. The Morgan fingerprint density at radius 3 is 2.76 bits per heavy atom. The summed E-state index contributed by atoms with van der Waals surface area (Å²) in [6, 6.07) is 7.83. The molecule has 2 atom stereocenters. The average Bonchev–Trinajstić information content (AvgIpc) is 3.57. The van der Waals surface area contributed by atoms with E-state index in [1.165, 1.54) is 12.1 Å². The van der Waals surface area contributed by atoms with E-state index in [4.69, 9.17) is 9.15 Å². The molecular weight excluding hydrogens is 437 g/mol. The summed E-state index contributed by atoms with van der Waals surface area (Å²) in [6.07, 6.45) is 13.7. The minimum absolute atomic E-state index is 0.00349. The summed E-state index contributed by atoms with van der Waals surface area (Å²) in [6.45, 7) is 2.37. The van der Waals surface area contributed by atoms with Crippen LogP contribution in [0.5, 0.6) is 0 Å². The van der Waals surface area contributed by atoms with Crippen molar-refractivity contribution in [2.45, 2.75) is 38.5 Å². The number of hydrogen-bond donors (Lipinski definition) is 1. The van der Waals surface area contributed by atoms with Gasteiger partial charge in [0.05, 0.1) is 24.3 Å². The molecule has 0 bridgehead atoms. The number of hydrogen-bond acceptors (Lipinski definition) is 5. The molecule has 7 nitrogen and oxygen atoms in total. The van der Waals surface area contributed by atoms with Crippen molar-refractivity contribution in [1.82, 2.24) is 14.7 Å². The van der Waals surface area contributed by atoms with Crippen molar-refractivity contribution in [1.29, 1.82) is 0 Å². The Morgan fingerprint density at radius 1 is 1.24 bits per heavy atom. The summed E-state index contributed by atoms with van der Waals surface area (Å²) in [7, 11) is 0. The Morgan fingerprint density at radius 2 is 2.03 bits per heavy atom. The summed E-state index contributed by atoms with van der Waals surface area (Å²) in [4.78, 5) is 14.3. The van der Waals surface area contributed by atoms with Gasteiger partial charge in [0, 0.05) is 23.9 Å². The Balaban J connectivity index is 1.51. The van der Waals surface area contributed by atoms with E-state index >= 15 is 0 Å². The zero-order valence-corrected chi connectivity index (χ0v) is 19.0. The van der Waals surface area contributed by atoms with Crippen LogP contribution >= 0.6 is 0 Å². The number of aliphatic hydroxyl groups excluding tert-OH is 1. The van der Waals surface area contributed by atoms with E-state index in [0.29, 0.717) is 30.8 Å². The standard InChI is InChI=1S/C26H28FN3O4/c1-2-7-22(31)8-5-3-4-6-14-29-24(32)18-34-26(29)23-16-30(21-11-9-20(27)10-12-21)28-25(23)19-13-15-33-17-19/h2-4,7,9-13,15-17,22,26,31H,5-6,8,14,18H2,1H3/b4-3+,7-2-. The zero-order chi connectivity index (χ0) is 23.9. The molecule has 1 aromatic carbocycles. The second-order valence-electron chi connectivity index (χ2n) is 8.05. The van der Waals surface area contributed by atoms with Crippen molar-refractivity contribution >= 4 is 5.91 Å². The summed E-state index contributed by atoms with van der Waals surface area (Å²) < 4.78 is 26.2.